The molecule has 16 heavy (non-hydrogen) atoms. The van der Waals surface area contributed by atoms with Gasteiger partial charge in [-0.2, -0.15) is 0 Å². The molecule has 0 aromatic carbocycles. The van der Waals surface area contributed by atoms with Gasteiger partial charge in [-0.15, -0.1) is 0 Å². The van der Waals surface area contributed by atoms with Crippen LogP contribution in [-0.2, 0) is 4.79 Å². The molecular formula is C11H13BrN2O2. The van der Waals surface area contributed by atoms with Crippen LogP contribution in [0.4, 0.5) is 5.82 Å². The third-order valence-electron chi connectivity index (χ3n) is 2.31. The summed E-state index contributed by atoms with van der Waals surface area (Å²) < 4.78 is 6.29. The minimum atomic E-state index is -0.407. The highest BCUT2D eigenvalue weighted by Crippen LogP contribution is 2.30. The Morgan fingerprint density at radius 3 is 3.00 bits per heavy atom. The molecule has 0 saturated carbocycles. The molecule has 1 aliphatic rings. The Labute approximate surface area is 103 Å². The molecule has 86 valence electrons. The maximum atomic E-state index is 11.7. The fourth-order valence-electron chi connectivity index (χ4n) is 1.59. The van der Waals surface area contributed by atoms with E-state index in [1.807, 2.05) is 0 Å². The normalized spacial score (nSPS) is 19.0. The number of halogens is 1. The standard InChI is InChI=1S/C11H13BrN2O2/c1-6(2)5-8-11(15)14-10-7(16-8)3-4-9(12)13-10/h3-4,6,8H,5H2,1-2H3,(H,13,14,15). The second-order valence-electron chi connectivity index (χ2n) is 4.21. The maximum Gasteiger partial charge on any atom is 0.266 e. The first kappa shape index (κ1) is 11.4. The molecule has 0 spiro atoms. The summed E-state index contributed by atoms with van der Waals surface area (Å²) in [6.45, 7) is 4.12. The summed E-state index contributed by atoms with van der Waals surface area (Å²) in [4.78, 5) is 15.8. The van der Waals surface area contributed by atoms with Crippen LogP contribution in [0.25, 0.3) is 0 Å². The van der Waals surface area contributed by atoms with Crippen LogP contribution in [0.3, 0.4) is 0 Å². The Morgan fingerprint density at radius 1 is 1.56 bits per heavy atom. The number of fused-ring (bicyclic) bond motifs is 1. The van der Waals surface area contributed by atoms with Crippen molar-refractivity contribution in [1.29, 1.82) is 0 Å². The summed E-state index contributed by atoms with van der Waals surface area (Å²) in [6.07, 6.45) is 0.303. The van der Waals surface area contributed by atoms with Gasteiger partial charge in [-0.3, -0.25) is 4.79 Å². The van der Waals surface area contributed by atoms with Crippen molar-refractivity contribution in [1.82, 2.24) is 4.98 Å². The number of anilines is 1. The van der Waals surface area contributed by atoms with E-state index in [4.69, 9.17) is 4.74 Å². The Hall–Kier alpha value is -1.10. The molecule has 2 heterocycles. The molecule has 1 atom stereocenters. The molecule has 4 nitrogen and oxygen atoms in total. The highest BCUT2D eigenvalue weighted by molar-refractivity contribution is 9.10. The van der Waals surface area contributed by atoms with E-state index < -0.39 is 6.10 Å². The lowest BCUT2D eigenvalue weighted by Crippen LogP contribution is -2.38. The van der Waals surface area contributed by atoms with E-state index >= 15 is 0 Å². The van der Waals surface area contributed by atoms with Crippen LogP contribution >= 0.6 is 15.9 Å². The van der Waals surface area contributed by atoms with Gasteiger partial charge >= 0.3 is 0 Å². The van der Waals surface area contributed by atoms with Crippen molar-refractivity contribution in [2.24, 2.45) is 5.92 Å². The van der Waals surface area contributed by atoms with E-state index in [2.05, 4.69) is 40.1 Å². The molecule has 0 aliphatic carbocycles. The number of nitrogens with one attached hydrogen (secondary N) is 1. The molecule has 1 aromatic heterocycles. The average molecular weight is 285 g/mol. The summed E-state index contributed by atoms with van der Waals surface area (Å²) in [5, 5.41) is 2.75. The predicted octanol–water partition coefficient (Wildman–Crippen LogP) is 2.59. The lowest BCUT2D eigenvalue weighted by molar-refractivity contribution is -0.124. The van der Waals surface area contributed by atoms with Crippen LogP contribution in [-0.4, -0.2) is 17.0 Å². The van der Waals surface area contributed by atoms with Gasteiger partial charge in [0.05, 0.1) is 0 Å². The van der Waals surface area contributed by atoms with Gasteiger partial charge in [-0.1, -0.05) is 13.8 Å². The van der Waals surface area contributed by atoms with Gasteiger partial charge < -0.3 is 10.1 Å². The van der Waals surface area contributed by atoms with Gasteiger partial charge in [-0.25, -0.2) is 4.98 Å². The number of carbonyl (C=O) groups is 1. The fourth-order valence-corrected chi connectivity index (χ4v) is 1.90. The largest absolute Gasteiger partial charge is 0.477 e. The zero-order valence-corrected chi connectivity index (χ0v) is 10.7. The van der Waals surface area contributed by atoms with Gasteiger partial charge in [-0.05, 0) is 40.4 Å². The van der Waals surface area contributed by atoms with Crippen LogP contribution in [0.15, 0.2) is 16.7 Å². The number of pyridine rings is 1. The molecule has 0 fully saturated rings. The van der Waals surface area contributed by atoms with Crippen molar-refractivity contribution in [2.75, 3.05) is 5.32 Å². The second-order valence-corrected chi connectivity index (χ2v) is 5.02. The third kappa shape index (κ3) is 2.35. The Kier molecular flexibility index (Phi) is 3.14. The zero-order valence-electron chi connectivity index (χ0n) is 9.16. The van der Waals surface area contributed by atoms with E-state index in [0.717, 1.165) is 0 Å². The average Bonchev–Trinajstić information content (AvgIpc) is 2.19. The highest BCUT2D eigenvalue weighted by atomic mass is 79.9. The van der Waals surface area contributed by atoms with E-state index in [9.17, 15) is 4.79 Å². The molecule has 1 N–H and O–H groups in total. The number of hydrogen-bond donors (Lipinski definition) is 1. The summed E-state index contributed by atoms with van der Waals surface area (Å²) >= 11 is 3.25. The van der Waals surface area contributed by atoms with Crippen LogP contribution in [0.1, 0.15) is 20.3 Å². The van der Waals surface area contributed by atoms with Crippen molar-refractivity contribution in [3.63, 3.8) is 0 Å². The molecule has 1 unspecified atom stereocenters. The topological polar surface area (TPSA) is 51.2 Å². The molecule has 0 radical (unpaired) electrons. The summed E-state index contributed by atoms with van der Waals surface area (Å²) in [7, 11) is 0. The van der Waals surface area contributed by atoms with Crippen molar-refractivity contribution >= 4 is 27.7 Å². The van der Waals surface area contributed by atoms with Crippen molar-refractivity contribution in [3.8, 4) is 5.75 Å². The molecule has 1 amide bonds. The fraction of sp³-hybridized carbons (Fsp3) is 0.455. The van der Waals surface area contributed by atoms with E-state index in [1.165, 1.54) is 0 Å². The number of hydrogen-bond acceptors (Lipinski definition) is 3. The van der Waals surface area contributed by atoms with Gasteiger partial charge in [0, 0.05) is 0 Å². The summed E-state index contributed by atoms with van der Waals surface area (Å²) in [6, 6.07) is 3.60. The first-order valence-electron chi connectivity index (χ1n) is 5.20. The predicted molar refractivity (Wildman–Crippen MR) is 64.4 cm³/mol. The van der Waals surface area contributed by atoms with E-state index in [0.29, 0.717) is 28.5 Å². The van der Waals surface area contributed by atoms with E-state index in [-0.39, 0.29) is 5.91 Å². The molecule has 0 saturated heterocycles. The quantitative estimate of drug-likeness (QED) is 0.850. The number of rotatable bonds is 2. The van der Waals surface area contributed by atoms with Crippen LogP contribution in [0.2, 0.25) is 0 Å². The molecule has 1 aliphatic heterocycles. The van der Waals surface area contributed by atoms with Gasteiger partial charge in [0.1, 0.15) is 4.60 Å². The Morgan fingerprint density at radius 2 is 2.31 bits per heavy atom. The number of ether oxygens (including phenoxy) is 1. The molecule has 1 aromatic rings. The number of nitrogens with zero attached hydrogens (tertiary/aromatic N) is 1. The number of carbonyl (C=O) groups excluding carboxylic acids is 1. The smallest absolute Gasteiger partial charge is 0.266 e. The highest BCUT2D eigenvalue weighted by Gasteiger charge is 2.28. The van der Waals surface area contributed by atoms with Crippen LogP contribution < -0.4 is 10.1 Å². The lowest BCUT2D eigenvalue weighted by Gasteiger charge is -2.26. The number of aromatic nitrogens is 1. The maximum absolute atomic E-state index is 11.7. The van der Waals surface area contributed by atoms with Crippen LogP contribution in [0, 0.1) is 5.92 Å². The summed E-state index contributed by atoms with van der Waals surface area (Å²) in [5.74, 6) is 1.42. The van der Waals surface area contributed by atoms with E-state index in [1.54, 1.807) is 12.1 Å². The molecular weight excluding hydrogens is 272 g/mol. The van der Waals surface area contributed by atoms with Crippen molar-refractivity contribution < 1.29 is 9.53 Å². The second kappa shape index (κ2) is 4.41. The molecule has 2 rings (SSSR count). The van der Waals surface area contributed by atoms with Gasteiger partial charge in [0.15, 0.2) is 17.7 Å². The molecule has 0 bridgehead atoms. The number of amides is 1. The Bertz CT molecular complexity index is 420. The monoisotopic (exact) mass is 284 g/mol. The lowest BCUT2D eigenvalue weighted by atomic mass is 10.0. The van der Waals surface area contributed by atoms with Crippen molar-refractivity contribution in [2.45, 2.75) is 26.4 Å². The Balaban J connectivity index is 2.22. The van der Waals surface area contributed by atoms with Crippen molar-refractivity contribution in [3.05, 3.63) is 16.7 Å². The minimum Gasteiger partial charge on any atom is -0.477 e. The first-order chi connectivity index (χ1) is 7.56. The summed E-state index contributed by atoms with van der Waals surface area (Å²) in [5.41, 5.74) is 0. The van der Waals surface area contributed by atoms with Gasteiger partial charge in [0.25, 0.3) is 5.91 Å². The van der Waals surface area contributed by atoms with Gasteiger partial charge in [0.2, 0.25) is 0 Å². The minimum absolute atomic E-state index is 0.119. The third-order valence-corrected chi connectivity index (χ3v) is 2.75. The SMILES string of the molecule is CC(C)CC1Oc2ccc(Br)nc2NC1=O. The first-order valence-corrected chi connectivity index (χ1v) is 5.99. The molecule has 5 heteroatoms. The zero-order chi connectivity index (χ0) is 11.7. The van der Waals surface area contributed by atoms with Crippen LogP contribution in [0.5, 0.6) is 5.75 Å².